The molecule has 0 saturated heterocycles. The Labute approximate surface area is 182 Å². The van der Waals surface area contributed by atoms with Crippen LogP contribution in [-0.4, -0.2) is 38.2 Å². The third-order valence-corrected chi connectivity index (χ3v) is 4.92. The molecule has 172 valence electrons. The third-order valence-electron chi connectivity index (χ3n) is 4.92. The van der Waals surface area contributed by atoms with Crippen molar-refractivity contribution in [2.24, 2.45) is 0 Å². The molecule has 0 bridgehead atoms. The average Bonchev–Trinajstić information content (AvgIpc) is 3.08. The van der Waals surface area contributed by atoms with Gasteiger partial charge in [-0.15, -0.1) is 0 Å². The minimum atomic E-state index is -4.74. The number of rotatable bonds is 8. The van der Waals surface area contributed by atoms with E-state index < -0.39 is 23.0 Å². The number of hydrogen-bond acceptors (Lipinski definition) is 5. The van der Waals surface area contributed by atoms with Crippen molar-refractivity contribution < 1.29 is 32.1 Å². The molecule has 0 saturated carbocycles. The minimum absolute atomic E-state index is 0.0750. The maximum absolute atomic E-state index is 13.7. The predicted molar refractivity (Wildman–Crippen MR) is 111 cm³/mol. The number of hydrogen-bond donors (Lipinski definition) is 1. The molecule has 2 aromatic carbocycles. The van der Waals surface area contributed by atoms with Crippen LogP contribution in [0.1, 0.15) is 22.4 Å². The number of ether oxygens (including phenoxy) is 4. The van der Waals surface area contributed by atoms with E-state index in [2.05, 4.69) is 5.10 Å². The lowest BCUT2D eigenvalue weighted by Gasteiger charge is -2.14. The van der Waals surface area contributed by atoms with Crippen molar-refractivity contribution in [1.29, 1.82) is 0 Å². The summed E-state index contributed by atoms with van der Waals surface area (Å²) in [6.45, 7) is -0.0750. The molecule has 3 rings (SSSR count). The average molecular weight is 452 g/mol. The van der Waals surface area contributed by atoms with E-state index in [1.54, 1.807) is 24.3 Å². The van der Waals surface area contributed by atoms with Gasteiger partial charge >= 0.3 is 6.18 Å². The van der Waals surface area contributed by atoms with Crippen molar-refractivity contribution in [2.75, 3.05) is 28.4 Å². The van der Waals surface area contributed by atoms with Crippen LogP contribution in [0.4, 0.5) is 13.2 Å². The molecule has 0 aliphatic rings. The highest BCUT2D eigenvalue weighted by Crippen LogP contribution is 2.39. The molecule has 1 N–H and O–H groups in total. The number of methoxy groups -OCH3 is 4. The number of nitrogens with zero attached hydrogens (tertiary/aromatic N) is 1. The van der Waals surface area contributed by atoms with Gasteiger partial charge in [-0.25, -0.2) is 4.68 Å². The Kier molecular flexibility index (Phi) is 6.71. The van der Waals surface area contributed by atoms with Crippen LogP contribution in [0.15, 0.2) is 41.2 Å². The van der Waals surface area contributed by atoms with Crippen LogP contribution in [0.3, 0.4) is 0 Å². The summed E-state index contributed by atoms with van der Waals surface area (Å²) in [5, 5.41) is 2.23. The quantitative estimate of drug-likeness (QED) is 0.562. The number of aromatic nitrogens is 2. The smallest absolute Gasteiger partial charge is 0.433 e. The molecule has 10 heteroatoms. The zero-order valence-electron chi connectivity index (χ0n) is 18.0. The van der Waals surface area contributed by atoms with E-state index in [0.29, 0.717) is 22.6 Å². The second-order valence-corrected chi connectivity index (χ2v) is 6.92. The third kappa shape index (κ3) is 4.68. The number of halogens is 3. The number of benzene rings is 2. The van der Waals surface area contributed by atoms with Crippen molar-refractivity contribution in [3.05, 3.63) is 69.1 Å². The van der Waals surface area contributed by atoms with Gasteiger partial charge in [0.05, 0.1) is 40.5 Å². The fourth-order valence-electron chi connectivity index (χ4n) is 3.43. The highest BCUT2D eigenvalue weighted by Gasteiger charge is 2.38. The second-order valence-electron chi connectivity index (χ2n) is 6.92. The molecule has 0 atom stereocenters. The van der Waals surface area contributed by atoms with Crippen molar-refractivity contribution in [1.82, 2.24) is 9.78 Å². The number of alkyl halides is 3. The molecule has 0 aliphatic heterocycles. The van der Waals surface area contributed by atoms with E-state index in [-0.39, 0.29) is 24.5 Å². The van der Waals surface area contributed by atoms with Gasteiger partial charge in [0.2, 0.25) is 5.75 Å². The Bertz CT molecular complexity index is 1130. The standard InChI is InChI=1S/C22H23F3N2O5/c1-29-15-7-5-6-13(8-15)12-27-21(28)16(20(26-27)22(23,24)25)9-14-10-17(30-2)19(32-4)18(11-14)31-3/h5-8,10-11,26H,9,12H2,1-4H3. The molecule has 1 aromatic heterocycles. The molecule has 3 aromatic rings. The van der Waals surface area contributed by atoms with E-state index in [1.807, 2.05) is 0 Å². The molecule has 0 amide bonds. The summed E-state index contributed by atoms with van der Waals surface area (Å²) in [6, 6.07) is 9.78. The monoisotopic (exact) mass is 452 g/mol. The summed E-state index contributed by atoms with van der Waals surface area (Å²) in [7, 11) is 5.71. The van der Waals surface area contributed by atoms with E-state index in [1.165, 1.54) is 40.6 Å². The van der Waals surface area contributed by atoms with E-state index in [0.717, 1.165) is 4.68 Å². The van der Waals surface area contributed by atoms with E-state index in [4.69, 9.17) is 18.9 Å². The SMILES string of the molecule is COc1cccc(Cn2[nH]c(C(F)(F)F)c(Cc3cc(OC)c(OC)c(OC)c3)c2=O)c1. The first-order chi connectivity index (χ1) is 15.2. The normalized spacial score (nSPS) is 11.3. The molecular formula is C22H23F3N2O5. The van der Waals surface area contributed by atoms with E-state index >= 15 is 0 Å². The Balaban J connectivity index is 2.05. The van der Waals surface area contributed by atoms with Crippen molar-refractivity contribution in [2.45, 2.75) is 19.1 Å². The molecule has 0 fully saturated rings. The van der Waals surface area contributed by atoms with Gasteiger partial charge in [0.15, 0.2) is 11.5 Å². The van der Waals surface area contributed by atoms with Crippen LogP contribution in [-0.2, 0) is 19.1 Å². The first kappa shape index (κ1) is 23.1. The second kappa shape index (κ2) is 9.29. The van der Waals surface area contributed by atoms with Crippen molar-refractivity contribution in [3.8, 4) is 23.0 Å². The van der Waals surface area contributed by atoms with Crippen molar-refractivity contribution in [3.63, 3.8) is 0 Å². The molecule has 0 radical (unpaired) electrons. The van der Waals surface area contributed by atoms with Crippen molar-refractivity contribution >= 4 is 0 Å². The summed E-state index contributed by atoms with van der Waals surface area (Å²) in [4.78, 5) is 12.9. The van der Waals surface area contributed by atoms with Gasteiger partial charge in [0.1, 0.15) is 11.4 Å². The molecular weight excluding hydrogens is 429 g/mol. The van der Waals surface area contributed by atoms with Gasteiger partial charge in [-0.1, -0.05) is 12.1 Å². The number of H-pyrrole nitrogens is 1. The summed E-state index contributed by atoms with van der Waals surface area (Å²) in [5.74, 6) is 1.40. The van der Waals surface area contributed by atoms with Gasteiger partial charge in [-0.2, -0.15) is 13.2 Å². The lowest BCUT2D eigenvalue weighted by molar-refractivity contribution is -0.142. The molecule has 0 aliphatic carbocycles. The zero-order chi connectivity index (χ0) is 23.5. The minimum Gasteiger partial charge on any atom is -0.497 e. The van der Waals surface area contributed by atoms with Gasteiger partial charge in [-0.05, 0) is 35.4 Å². The first-order valence-electron chi connectivity index (χ1n) is 9.52. The van der Waals surface area contributed by atoms with Crippen LogP contribution >= 0.6 is 0 Å². The van der Waals surface area contributed by atoms with Crippen LogP contribution in [0.25, 0.3) is 0 Å². The lowest BCUT2D eigenvalue weighted by Crippen LogP contribution is -2.20. The van der Waals surface area contributed by atoms with Gasteiger partial charge in [0.25, 0.3) is 5.56 Å². The maximum atomic E-state index is 13.7. The number of aromatic amines is 1. The van der Waals surface area contributed by atoms with Crippen LogP contribution in [0.5, 0.6) is 23.0 Å². The van der Waals surface area contributed by atoms with Gasteiger partial charge in [-0.3, -0.25) is 9.89 Å². The van der Waals surface area contributed by atoms with Crippen LogP contribution < -0.4 is 24.5 Å². The summed E-state index contributed by atoms with van der Waals surface area (Å²) in [6.07, 6.45) is -5.03. The maximum Gasteiger partial charge on any atom is 0.433 e. The Morgan fingerprint density at radius 1 is 0.906 bits per heavy atom. The predicted octanol–water partition coefficient (Wildman–Crippen LogP) is 3.87. The van der Waals surface area contributed by atoms with Crippen LogP contribution in [0, 0.1) is 0 Å². The highest BCUT2D eigenvalue weighted by atomic mass is 19.4. The molecule has 32 heavy (non-hydrogen) atoms. The first-order valence-corrected chi connectivity index (χ1v) is 9.52. The highest BCUT2D eigenvalue weighted by molar-refractivity contribution is 5.54. The van der Waals surface area contributed by atoms with Crippen LogP contribution in [0.2, 0.25) is 0 Å². The molecule has 1 heterocycles. The molecule has 0 spiro atoms. The molecule has 7 nitrogen and oxygen atoms in total. The summed E-state index contributed by atoms with van der Waals surface area (Å²) in [5.41, 5.74) is -1.27. The lowest BCUT2D eigenvalue weighted by atomic mass is 10.0. The van der Waals surface area contributed by atoms with E-state index in [9.17, 15) is 18.0 Å². The summed E-state index contributed by atoms with van der Waals surface area (Å²) >= 11 is 0. The summed E-state index contributed by atoms with van der Waals surface area (Å²) < 4.78 is 63.1. The molecule has 0 unspecified atom stereocenters. The fraction of sp³-hybridized carbons (Fsp3) is 0.318. The Hall–Kier alpha value is -3.56. The van der Waals surface area contributed by atoms with Gasteiger partial charge < -0.3 is 18.9 Å². The zero-order valence-corrected chi connectivity index (χ0v) is 18.0. The topological polar surface area (TPSA) is 74.7 Å². The number of nitrogens with one attached hydrogen (secondary N) is 1. The Morgan fingerprint density at radius 3 is 2.09 bits per heavy atom. The Morgan fingerprint density at radius 2 is 1.56 bits per heavy atom. The fourth-order valence-corrected chi connectivity index (χ4v) is 3.43. The van der Waals surface area contributed by atoms with Gasteiger partial charge in [0, 0.05) is 6.42 Å². The largest absolute Gasteiger partial charge is 0.497 e.